The van der Waals surface area contributed by atoms with Crippen molar-refractivity contribution in [2.75, 3.05) is 11.9 Å². The second-order valence-electron chi connectivity index (χ2n) is 7.83. The summed E-state index contributed by atoms with van der Waals surface area (Å²) in [6.45, 7) is 8.59. The van der Waals surface area contributed by atoms with E-state index < -0.39 is 11.8 Å². The van der Waals surface area contributed by atoms with E-state index in [2.05, 4.69) is 15.8 Å². The molecular weight excluding hydrogens is 430 g/mol. The molecule has 0 heterocycles. The topological polar surface area (TPSA) is 89.0 Å². The summed E-state index contributed by atoms with van der Waals surface area (Å²) < 4.78 is 11.7. The number of amides is 2. The Morgan fingerprint density at radius 1 is 0.882 bits per heavy atom. The summed E-state index contributed by atoms with van der Waals surface area (Å²) in [6.07, 6.45) is 1.44. The summed E-state index contributed by atoms with van der Waals surface area (Å²) in [5.41, 5.74) is 7.62. The molecule has 3 rings (SSSR count). The molecule has 34 heavy (non-hydrogen) atoms. The van der Waals surface area contributed by atoms with Crippen LogP contribution < -0.4 is 20.2 Å². The Kier molecular flexibility index (Phi) is 8.40. The summed E-state index contributed by atoms with van der Waals surface area (Å²) in [7, 11) is 0. The molecule has 0 fully saturated rings. The number of hydrazone groups is 1. The van der Waals surface area contributed by atoms with Crippen molar-refractivity contribution >= 4 is 23.7 Å². The highest BCUT2D eigenvalue weighted by Crippen LogP contribution is 2.29. The average molecular weight is 460 g/mol. The lowest BCUT2D eigenvalue weighted by molar-refractivity contribution is -0.136. The van der Waals surface area contributed by atoms with Gasteiger partial charge in [-0.2, -0.15) is 5.10 Å². The van der Waals surface area contributed by atoms with E-state index in [-0.39, 0.29) is 0 Å². The molecule has 0 spiro atoms. The Morgan fingerprint density at radius 2 is 1.68 bits per heavy atom. The maximum absolute atomic E-state index is 12.2. The number of aryl methyl sites for hydroxylation is 3. The predicted molar refractivity (Wildman–Crippen MR) is 133 cm³/mol. The minimum Gasteiger partial charge on any atom is -0.490 e. The van der Waals surface area contributed by atoms with Crippen molar-refractivity contribution in [2.45, 2.75) is 34.3 Å². The molecule has 3 aromatic rings. The van der Waals surface area contributed by atoms with E-state index in [0.717, 1.165) is 22.3 Å². The molecule has 0 radical (unpaired) electrons. The van der Waals surface area contributed by atoms with Crippen molar-refractivity contribution in [1.29, 1.82) is 0 Å². The first-order valence-electron chi connectivity index (χ1n) is 11.0. The number of ether oxygens (including phenoxy) is 2. The zero-order valence-electron chi connectivity index (χ0n) is 19.8. The van der Waals surface area contributed by atoms with Crippen LogP contribution in [0.15, 0.2) is 65.8 Å². The van der Waals surface area contributed by atoms with Gasteiger partial charge in [-0.3, -0.25) is 9.59 Å². The van der Waals surface area contributed by atoms with Gasteiger partial charge in [0.05, 0.1) is 12.8 Å². The SMILES string of the molecule is CCOc1cc(/C=N/NC(=O)C(=O)Nc2cc(C)ccc2C)ccc1OCc1ccccc1C. The quantitative estimate of drug-likeness (QED) is 0.291. The van der Waals surface area contributed by atoms with Gasteiger partial charge in [0.25, 0.3) is 0 Å². The lowest BCUT2D eigenvalue weighted by Crippen LogP contribution is -2.32. The van der Waals surface area contributed by atoms with Crippen LogP contribution in [0.2, 0.25) is 0 Å². The van der Waals surface area contributed by atoms with Gasteiger partial charge in [-0.15, -0.1) is 0 Å². The van der Waals surface area contributed by atoms with Crippen LogP contribution >= 0.6 is 0 Å². The molecule has 0 aliphatic carbocycles. The summed E-state index contributed by atoms with van der Waals surface area (Å²) >= 11 is 0. The highest BCUT2D eigenvalue weighted by Gasteiger charge is 2.14. The summed E-state index contributed by atoms with van der Waals surface area (Å²) in [5.74, 6) is -0.473. The summed E-state index contributed by atoms with van der Waals surface area (Å²) in [4.78, 5) is 24.3. The van der Waals surface area contributed by atoms with Gasteiger partial charge in [0.15, 0.2) is 11.5 Å². The van der Waals surface area contributed by atoms with Crippen LogP contribution in [0, 0.1) is 20.8 Å². The number of nitrogens with one attached hydrogen (secondary N) is 2. The molecule has 176 valence electrons. The van der Waals surface area contributed by atoms with Gasteiger partial charge in [0, 0.05) is 5.69 Å². The monoisotopic (exact) mass is 459 g/mol. The first-order valence-corrected chi connectivity index (χ1v) is 11.0. The van der Waals surface area contributed by atoms with Crippen LogP contribution in [-0.2, 0) is 16.2 Å². The van der Waals surface area contributed by atoms with E-state index in [1.165, 1.54) is 6.21 Å². The number of anilines is 1. The standard InChI is InChI=1S/C27H29N3O4/c1-5-33-25-15-21(12-13-24(25)34-17-22-9-7-6-8-19(22)3)16-28-30-27(32)26(31)29-23-14-18(2)10-11-20(23)4/h6-16H,5,17H2,1-4H3,(H,29,31)(H,30,32)/b28-16+. The Morgan fingerprint density at radius 3 is 2.44 bits per heavy atom. The number of rotatable bonds is 8. The number of benzene rings is 3. The Bertz CT molecular complexity index is 1200. The first-order chi connectivity index (χ1) is 16.4. The second-order valence-corrected chi connectivity index (χ2v) is 7.83. The molecule has 7 nitrogen and oxygen atoms in total. The predicted octanol–water partition coefficient (Wildman–Crippen LogP) is 4.68. The van der Waals surface area contributed by atoms with Gasteiger partial charge in [0.1, 0.15) is 6.61 Å². The molecule has 0 aliphatic heterocycles. The Labute approximate surface area is 199 Å². The van der Waals surface area contributed by atoms with Gasteiger partial charge >= 0.3 is 11.8 Å². The third-order valence-electron chi connectivity index (χ3n) is 5.14. The van der Waals surface area contributed by atoms with Crippen LogP contribution in [0.4, 0.5) is 5.69 Å². The zero-order valence-corrected chi connectivity index (χ0v) is 19.8. The van der Waals surface area contributed by atoms with Gasteiger partial charge in [-0.25, -0.2) is 5.43 Å². The van der Waals surface area contributed by atoms with Crippen molar-refractivity contribution in [3.8, 4) is 11.5 Å². The maximum Gasteiger partial charge on any atom is 0.329 e. The summed E-state index contributed by atoms with van der Waals surface area (Å²) in [6, 6.07) is 19.0. The van der Waals surface area contributed by atoms with Crippen molar-refractivity contribution in [1.82, 2.24) is 5.43 Å². The molecule has 0 atom stereocenters. The first kappa shape index (κ1) is 24.5. The zero-order chi connectivity index (χ0) is 24.5. The van der Waals surface area contributed by atoms with E-state index in [9.17, 15) is 9.59 Å². The third kappa shape index (κ3) is 6.68. The van der Waals surface area contributed by atoms with E-state index in [4.69, 9.17) is 9.47 Å². The molecule has 0 unspecified atom stereocenters. The van der Waals surface area contributed by atoms with Crippen LogP contribution in [0.5, 0.6) is 11.5 Å². The number of hydrogen-bond donors (Lipinski definition) is 2. The molecule has 0 saturated heterocycles. The van der Waals surface area contributed by atoms with Gasteiger partial charge in [-0.05, 0) is 79.8 Å². The third-order valence-corrected chi connectivity index (χ3v) is 5.14. The number of hydrogen-bond acceptors (Lipinski definition) is 5. The molecule has 2 amide bonds. The number of carbonyl (C=O) groups is 2. The van der Waals surface area contributed by atoms with Crippen LogP contribution in [-0.4, -0.2) is 24.6 Å². The molecule has 0 bridgehead atoms. The minimum atomic E-state index is -0.861. The molecular formula is C27H29N3O4. The van der Waals surface area contributed by atoms with Gasteiger partial charge in [0.2, 0.25) is 0 Å². The minimum absolute atomic E-state index is 0.422. The van der Waals surface area contributed by atoms with Crippen molar-refractivity contribution in [2.24, 2.45) is 5.10 Å². The van der Waals surface area contributed by atoms with Crippen LogP contribution in [0.1, 0.15) is 34.7 Å². The summed E-state index contributed by atoms with van der Waals surface area (Å²) in [5, 5.41) is 6.50. The highest BCUT2D eigenvalue weighted by molar-refractivity contribution is 6.39. The molecule has 0 aliphatic rings. The Hall–Kier alpha value is -4.13. The van der Waals surface area contributed by atoms with E-state index in [1.54, 1.807) is 18.2 Å². The van der Waals surface area contributed by atoms with Crippen LogP contribution in [0.25, 0.3) is 0 Å². The number of nitrogens with zero attached hydrogens (tertiary/aromatic N) is 1. The molecule has 3 aromatic carbocycles. The maximum atomic E-state index is 12.2. The van der Waals surface area contributed by atoms with E-state index in [0.29, 0.717) is 36.0 Å². The normalized spacial score (nSPS) is 10.7. The van der Waals surface area contributed by atoms with E-state index in [1.807, 2.05) is 70.2 Å². The largest absolute Gasteiger partial charge is 0.490 e. The van der Waals surface area contributed by atoms with Crippen molar-refractivity contribution < 1.29 is 19.1 Å². The Balaban J connectivity index is 1.61. The smallest absolute Gasteiger partial charge is 0.329 e. The fourth-order valence-corrected chi connectivity index (χ4v) is 3.19. The second kappa shape index (κ2) is 11.7. The lowest BCUT2D eigenvalue weighted by Gasteiger charge is -2.13. The van der Waals surface area contributed by atoms with Crippen LogP contribution in [0.3, 0.4) is 0 Å². The lowest BCUT2D eigenvalue weighted by atomic mass is 10.1. The molecule has 0 saturated carbocycles. The van der Waals surface area contributed by atoms with Crippen molar-refractivity contribution in [3.63, 3.8) is 0 Å². The van der Waals surface area contributed by atoms with E-state index >= 15 is 0 Å². The highest BCUT2D eigenvalue weighted by atomic mass is 16.5. The fourth-order valence-electron chi connectivity index (χ4n) is 3.19. The van der Waals surface area contributed by atoms with Gasteiger partial charge < -0.3 is 14.8 Å². The van der Waals surface area contributed by atoms with Gasteiger partial charge in [-0.1, -0.05) is 36.4 Å². The fraction of sp³-hybridized carbons (Fsp3) is 0.222. The molecule has 2 N–H and O–H groups in total. The molecule has 7 heteroatoms. The average Bonchev–Trinajstić information content (AvgIpc) is 2.82. The number of carbonyl (C=O) groups excluding carboxylic acids is 2. The molecule has 0 aromatic heterocycles. The van der Waals surface area contributed by atoms with Crippen molar-refractivity contribution in [3.05, 3.63) is 88.5 Å².